The van der Waals surface area contributed by atoms with Crippen molar-refractivity contribution in [1.82, 2.24) is 35.0 Å². The molecule has 1 fully saturated rings. The highest BCUT2D eigenvalue weighted by molar-refractivity contribution is 5.96. The first kappa shape index (κ1) is 31.6. The maximum Gasteiger partial charge on any atom is 0.410 e. The van der Waals surface area contributed by atoms with Gasteiger partial charge < -0.3 is 30.0 Å². The molecule has 15 heteroatoms. The van der Waals surface area contributed by atoms with Gasteiger partial charge in [0.1, 0.15) is 29.1 Å². The van der Waals surface area contributed by atoms with E-state index in [1.54, 1.807) is 17.8 Å². The number of hydrogen-bond donors (Lipinski definition) is 3. The summed E-state index contributed by atoms with van der Waals surface area (Å²) in [5, 5.41) is 21.4. The Morgan fingerprint density at radius 3 is 2.62 bits per heavy atom. The molecular weight excluding hydrogens is 588 g/mol. The summed E-state index contributed by atoms with van der Waals surface area (Å²) in [6.45, 7) is 10.3. The van der Waals surface area contributed by atoms with Crippen molar-refractivity contribution >= 4 is 35.0 Å². The van der Waals surface area contributed by atoms with Crippen molar-refractivity contribution in [2.45, 2.75) is 71.4 Å². The second-order valence-corrected chi connectivity index (χ2v) is 12.3. The Hall–Kier alpha value is -4.82. The van der Waals surface area contributed by atoms with Crippen LogP contribution in [0.4, 0.5) is 31.1 Å². The third-order valence-electron chi connectivity index (χ3n) is 6.96. The number of aromatic nitrogens is 5. The molecule has 3 heterocycles. The van der Waals surface area contributed by atoms with E-state index >= 15 is 0 Å². The summed E-state index contributed by atoms with van der Waals surface area (Å²) in [6.07, 6.45) is 4.87. The summed E-state index contributed by atoms with van der Waals surface area (Å²) in [6, 6.07) is 2.03. The van der Waals surface area contributed by atoms with E-state index in [0.29, 0.717) is 36.7 Å². The molecule has 1 saturated carbocycles. The number of ether oxygens (including phenoxy) is 1. The number of carbonyl (C=O) groups is 2. The number of benzene rings is 1. The number of nitrogens with one attached hydrogen (secondary N) is 3. The van der Waals surface area contributed by atoms with Crippen molar-refractivity contribution < 1.29 is 27.5 Å². The van der Waals surface area contributed by atoms with Crippen LogP contribution in [-0.2, 0) is 4.74 Å². The summed E-state index contributed by atoms with van der Waals surface area (Å²) < 4.78 is 42.3. The van der Waals surface area contributed by atoms with Crippen LogP contribution in [0.3, 0.4) is 0 Å². The molecule has 0 unspecified atom stereocenters. The Bertz CT molecular complexity index is 1710. The zero-order chi connectivity index (χ0) is 32.5. The minimum Gasteiger partial charge on any atom is -0.444 e. The number of rotatable bonds is 11. The van der Waals surface area contributed by atoms with Crippen LogP contribution in [0.1, 0.15) is 75.7 Å². The molecule has 0 saturated heterocycles. The number of nitrogens with zero attached hydrogens (tertiary/aromatic N) is 6. The third kappa shape index (κ3) is 7.46. The van der Waals surface area contributed by atoms with E-state index < -0.39 is 29.2 Å². The van der Waals surface area contributed by atoms with Gasteiger partial charge >= 0.3 is 12.1 Å². The predicted molar refractivity (Wildman–Crippen MR) is 162 cm³/mol. The van der Waals surface area contributed by atoms with Crippen molar-refractivity contribution in [3.63, 3.8) is 0 Å². The highest BCUT2D eigenvalue weighted by Gasteiger charge is 2.27. The lowest BCUT2D eigenvalue weighted by molar-refractivity contribution is 0.0298. The van der Waals surface area contributed by atoms with Crippen molar-refractivity contribution in [2.75, 3.05) is 30.8 Å². The van der Waals surface area contributed by atoms with E-state index in [9.17, 15) is 18.4 Å². The summed E-state index contributed by atoms with van der Waals surface area (Å²) in [4.78, 5) is 30.5. The summed E-state index contributed by atoms with van der Waals surface area (Å²) in [5.41, 5.74) is 0.923. The summed E-state index contributed by atoms with van der Waals surface area (Å²) >= 11 is 0. The van der Waals surface area contributed by atoms with Crippen LogP contribution < -0.4 is 16.0 Å². The monoisotopic (exact) mass is 625 g/mol. The molecule has 1 aliphatic rings. The molecule has 2 amide bonds. The Balaban J connectivity index is 1.34. The number of amides is 2. The fourth-order valence-electron chi connectivity index (χ4n) is 4.66. The first-order chi connectivity index (χ1) is 21.3. The van der Waals surface area contributed by atoms with Crippen LogP contribution in [0, 0.1) is 11.6 Å². The highest BCUT2D eigenvalue weighted by Crippen LogP contribution is 2.37. The van der Waals surface area contributed by atoms with Gasteiger partial charge in [-0.05, 0) is 57.6 Å². The molecule has 0 aliphatic heterocycles. The molecular formula is C30H37F2N9O4. The largest absolute Gasteiger partial charge is 0.444 e. The molecule has 3 aromatic heterocycles. The Morgan fingerprint density at radius 2 is 1.93 bits per heavy atom. The molecule has 13 nitrogen and oxygen atoms in total. The minimum absolute atomic E-state index is 0.0128. The van der Waals surface area contributed by atoms with Crippen LogP contribution in [-0.4, -0.2) is 73.5 Å². The van der Waals surface area contributed by atoms with Crippen molar-refractivity contribution in [2.24, 2.45) is 0 Å². The lowest BCUT2D eigenvalue weighted by atomic mass is 10.00. The van der Waals surface area contributed by atoms with Crippen LogP contribution in [0.5, 0.6) is 0 Å². The lowest BCUT2D eigenvalue weighted by Gasteiger charge is -2.24. The van der Waals surface area contributed by atoms with Crippen molar-refractivity contribution in [3.05, 3.63) is 47.4 Å². The van der Waals surface area contributed by atoms with Gasteiger partial charge in [0.2, 0.25) is 0 Å². The molecule has 240 valence electrons. The van der Waals surface area contributed by atoms with E-state index in [-0.39, 0.29) is 40.9 Å². The molecule has 45 heavy (non-hydrogen) atoms. The third-order valence-corrected chi connectivity index (χ3v) is 6.96. The fraction of sp³-hybridized carbons (Fsp3) is 0.467. The molecule has 0 radical (unpaired) electrons. The average molecular weight is 626 g/mol. The fourth-order valence-corrected chi connectivity index (χ4v) is 4.66. The second kappa shape index (κ2) is 12.7. The van der Waals surface area contributed by atoms with Gasteiger partial charge in [-0.15, -0.1) is 5.10 Å². The lowest BCUT2D eigenvalue weighted by Crippen LogP contribution is -2.35. The van der Waals surface area contributed by atoms with Crippen LogP contribution in [0.2, 0.25) is 0 Å². The first-order valence-corrected chi connectivity index (χ1v) is 14.8. The Morgan fingerprint density at radius 1 is 1.18 bits per heavy atom. The molecule has 4 aromatic rings. The van der Waals surface area contributed by atoms with Crippen molar-refractivity contribution in [1.29, 1.82) is 0 Å². The number of hydrogen-bond acceptors (Lipinski definition) is 10. The summed E-state index contributed by atoms with van der Waals surface area (Å²) in [5.74, 6) is -2.04. The van der Waals surface area contributed by atoms with E-state index in [1.807, 2.05) is 34.6 Å². The molecule has 0 bridgehead atoms. The maximum absolute atomic E-state index is 14.9. The molecule has 0 spiro atoms. The van der Waals surface area contributed by atoms with Gasteiger partial charge in [0, 0.05) is 38.4 Å². The van der Waals surface area contributed by atoms with Crippen LogP contribution >= 0.6 is 0 Å². The first-order valence-electron chi connectivity index (χ1n) is 14.8. The van der Waals surface area contributed by atoms with Gasteiger partial charge in [-0.2, -0.15) is 5.10 Å². The zero-order valence-electron chi connectivity index (χ0n) is 26.1. The smallest absolute Gasteiger partial charge is 0.410 e. The van der Waals surface area contributed by atoms with E-state index in [0.717, 1.165) is 24.5 Å². The SMILES string of the molecule is CC(C)c1c(-c2nnc(NCCCN(C)C(=O)OC(C)(C)C)o2)cn2ncnc(Nc3cc(C(=O)NC4CC4)c(F)cc3F)c12. The normalized spacial score (nSPS) is 13.3. The Kier molecular flexibility index (Phi) is 8.89. The number of carbonyl (C=O) groups excluding carboxylic acids is 2. The van der Waals surface area contributed by atoms with Gasteiger partial charge in [-0.3, -0.25) is 4.79 Å². The van der Waals surface area contributed by atoms with E-state index in [2.05, 4.69) is 36.2 Å². The molecule has 1 aromatic carbocycles. The number of anilines is 3. The molecule has 5 rings (SSSR count). The quantitative estimate of drug-likeness (QED) is 0.183. The van der Waals surface area contributed by atoms with Gasteiger partial charge in [0.25, 0.3) is 11.8 Å². The van der Waals surface area contributed by atoms with Gasteiger partial charge in [-0.25, -0.2) is 23.1 Å². The highest BCUT2D eigenvalue weighted by atomic mass is 19.1. The molecule has 3 N–H and O–H groups in total. The van der Waals surface area contributed by atoms with Crippen LogP contribution in [0.15, 0.2) is 29.1 Å². The topological polar surface area (TPSA) is 152 Å². The van der Waals surface area contributed by atoms with E-state index in [1.165, 1.54) is 11.2 Å². The number of halogens is 2. The average Bonchev–Trinajstić information content (AvgIpc) is 3.48. The standard InChI is InChI=1S/C30H37F2N9O4/c1-16(2)23-19(27-38-39-28(44-27)33-10-7-11-40(6)29(43)45-30(3,4)5)14-41-24(23)25(34-15-35-41)37-22-12-18(20(31)13-21(22)32)26(42)36-17-8-9-17/h12-17H,7-11H2,1-6H3,(H,33,39)(H,36,42)(H,34,35,37). The summed E-state index contributed by atoms with van der Waals surface area (Å²) in [7, 11) is 1.67. The zero-order valence-corrected chi connectivity index (χ0v) is 26.1. The second-order valence-electron chi connectivity index (χ2n) is 12.3. The molecule has 1 aliphatic carbocycles. The number of fused-ring (bicyclic) bond motifs is 1. The van der Waals surface area contributed by atoms with E-state index in [4.69, 9.17) is 9.15 Å². The van der Waals surface area contributed by atoms with Gasteiger partial charge in [0.15, 0.2) is 5.82 Å². The molecule has 0 atom stereocenters. The van der Waals surface area contributed by atoms with Gasteiger partial charge in [-0.1, -0.05) is 18.9 Å². The Labute approximate surface area is 258 Å². The minimum atomic E-state index is -0.951. The van der Waals surface area contributed by atoms with Gasteiger partial charge in [0.05, 0.1) is 16.8 Å². The van der Waals surface area contributed by atoms with Crippen molar-refractivity contribution in [3.8, 4) is 11.5 Å². The maximum atomic E-state index is 14.9. The predicted octanol–water partition coefficient (Wildman–Crippen LogP) is 5.49. The van der Waals surface area contributed by atoms with Crippen LogP contribution in [0.25, 0.3) is 17.0 Å².